The maximum Gasteiger partial charge on any atom is 0.418 e. The summed E-state index contributed by atoms with van der Waals surface area (Å²) in [4.78, 5) is 0. The number of alkyl halides is 3. The molecule has 0 radical (unpaired) electrons. The summed E-state index contributed by atoms with van der Waals surface area (Å²) in [7, 11) is 0. The summed E-state index contributed by atoms with van der Waals surface area (Å²) in [5.41, 5.74) is -2.54. The first-order valence-corrected chi connectivity index (χ1v) is 3.88. The molecule has 6 heteroatoms. The Morgan fingerprint density at radius 2 is 2.00 bits per heavy atom. The predicted octanol–water partition coefficient (Wildman–Crippen LogP) is 1.33. The van der Waals surface area contributed by atoms with Gasteiger partial charge in [0.05, 0.1) is 0 Å². The van der Waals surface area contributed by atoms with Crippen molar-refractivity contribution >= 4 is 12.4 Å². The molecule has 1 aliphatic heterocycles. The summed E-state index contributed by atoms with van der Waals surface area (Å²) in [5.74, 6) is -0.723. The molecule has 2 N–H and O–H groups in total. The fraction of sp³-hybridized carbons (Fsp3) is 1.00. The minimum absolute atomic E-state index is 0. The van der Waals surface area contributed by atoms with Gasteiger partial charge in [0.25, 0.3) is 0 Å². The first kappa shape index (κ1) is 13.0. The highest BCUT2D eigenvalue weighted by Crippen LogP contribution is 2.38. The van der Waals surface area contributed by atoms with Crippen LogP contribution in [0.4, 0.5) is 13.2 Å². The molecule has 1 rings (SSSR count). The van der Waals surface area contributed by atoms with Crippen molar-refractivity contribution in [1.82, 2.24) is 5.32 Å². The van der Waals surface area contributed by atoms with E-state index >= 15 is 0 Å². The van der Waals surface area contributed by atoms with Crippen LogP contribution in [0.25, 0.3) is 0 Å². The molecule has 1 saturated heterocycles. The zero-order valence-electron chi connectivity index (χ0n) is 7.19. The zero-order chi connectivity index (χ0) is 9.41. The van der Waals surface area contributed by atoms with Crippen LogP contribution < -0.4 is 5.32 Å². The van der Waals surface area contributed by atoms with E-state index in [1.54, 1.807) is 0 Å². The molecule has 0 unspecified atom stereocenters. The molecule has 2 nitrogen and oxygen atoms in total. The van der Waals surface area contributed by atoms with Gasteiger partial charge in [-0.25, -0.2) is 0 Å². The van der Waals surface area contributed by atoms with Crippen molar-refractivity contribution in [2.75, 3.05) is 13.1 Å². The van der Waals surface area contributed by atoms with Gasteiger partial charge in [0.1, 0.15) is 0 Å². The van der Waals surface area contributed by atoms with E-state index in [0.717, 1.165) is 0 Å². The number of β-amino-alcohol motifs (C(OH)–C–C–N with tert-alkyl or cyclic N) is 1. The van der Waals surface area contributed by atoms with Gasteiger partial charge < -0.3 is 10.4 Å². The Hall–Kier alpha value is -0.0000000000000000555. The summed E-state index contributed by atoms with van der Waals surface area (Å²) < 4.78 is 36.9. The SMILES string of the molecule is C[C@H]1CCNC[C@@]1(O)C(F)(F)F.Cl. The third-order valence-corrected chi connectivity index (χ3v) is 2.45. The van der Waals surface area contributed by atoms with Crippen LogP contribution in [0.5, 0.6) is 0 Å². The zero-order valence-corrected chi connectivity index (χ0v) is 8.00. The lowest BCUT2D eigenvalue weighted by molar-refractivity contribution is -0.280. The average Bonchev–Trinajstić information content (AvgIpc) is 1.93. The number of nitrogens with one attached hydrogen (secondary N) is 1. The highest BCUT2D eigenvalue weighted by Gasteiger charge is 2.57. The largest absolute Gasteiger partial charge is 0.418 e. The minimum atomic E-state index is -4.53. The van der Waals surface area contributed by atoms with Gasteiger partial charge in [0, 0.05) is 6.54 Å². The fourth-order valence-corrected chi connectivity index (χ4v) is 1.39. The van der Waals surface area contributed by atoms with E-state index in [9.17, 15) is 18.3 Å². The third kappa shape index (κ3) is 2.27. The molecule has 0 spiro atoms. The van der Waals surface area contributed by atoms with Crippen LogP contribution in [0.2, 0.25) is 0 Å². The first-order valence-electron chi connectivity index (χ1n) is 3.88. The van der Waals surface area contributed by atoms with Crippen molar-refractivity contribution in [3.8, 4) is 0 Å². The van der Waals surface area contributed by atoms with Crippen LogP contribution in [0.3, 0.4) is 0 Å². The normalized spacial score (nSPS) is 35.3. The Balaban J connectivity index is 0.00000144. The van der Waals surface area contributed by atoms with Gasteiger partial charge in [0.2, 0.25) is 0 Å². The van der Waals surface area contributed by atoms with Crippen LogP contribution in [-0.2, 0) is 0 Å². The third-order valence-electron chi connectivity index (χ3n) is 2.45. The van der Waals surface area contributed by atoms with Gasteiger partial charge in [-0.3, -0.25) is 0 Å². The van der Waals surface area contributed by atoms with Crippen LogP contribution in [0.1, 0.15) is 13.3 Å². The van der Waals surface area contributed by atoms with Gasteiger partial charge in [-0.05, 0) is 18.9 Å². The lowest BCUT2D eigenvalue weighted by Gasteiger charge is -2.39. The molecule has 0 aliphatic carbocycles. The monoisotopic (exact) mass is 219 g/mol. The predicted molar refractivity (Wildman–Crippen MR) is 44.9 cm³/mol. The minimum Gasteiger partial charge on any atom is -0.379 e. The Kier molecular flexibility index (Phi) is 4.02. The smallest absolute Gasteiger partial charge is 0.379 e. The fourth-order valence-electron chi connectivity index (χ4n) is 1.39. The molecule has 1 heterocycles. The maximum absolute atomic E-state index is 12.3. The standard InChI is InChI=1S/C7H12F3NO.ClH/c1-5-2-3-11-4-6(5,12)7(8,9)10;/h5,11-12H,2-4H2,1H3;1H/t5-,6-;/m0./s1. The van der Waals surface area contributed by atoms with Crippen LogP contribution in [0.15, 0.2) is 0 Å². The molecule has 2 atom stereocenters. The molecule has 80 valence electrons. The lowest BCUT2D eigenvalue weighted by atomic mass is 9.83. The number of halogens is 4. The Labute approximate surface area is 80.9 Å². The van der Waals surface area contributed by atoms with Gasteiger partial charge in [-0.2, -0.15) is 13.2 Å². The average molecular weight is 220 g/mol. The molecule has 1 fully saturated rings. The number of piperidine rings is 1. The Morgan fingerprint density at radius 3 is 2.31 bits per heavy atom. The summed E-state index contributed by atoms with van der Waals surface area (Å²) in [5, 5.41) is 11.8. The van der Waals surface area contributed by atoms with Crippen molar-refractivity contribution in [3.05, 3.63) is 0 Å². The number of hydrogen-bond acceptors (Lipinski definition) is 2. The molecule has 0 aromatic heterocycles. The van der Waals surface area contributed by atoms with Gasteiger partial charge in [0.15, 0.2) is 5.60 Å². The van der Waals surface area contributed by atoms with Crippen molar-refractivity contribution < 1.29 is 18.3 Å². The van der Waals surface area contributed by atoms with Crippen LogP contribution in [0, 0.1) is 5.92 Å². The molecule has 0 saturated carbocycles. The van der Waals surface area contributed by atoms with Gasteiger partial charge in [-0.15, -0.1) is 12.4 Å². The topological polar surface area (TPSA) is 32.3 Å². The second-order valence-corrected chi connectivity index (χ2v) is 3.29. The summed E-state index contributed by atoms with van der Waals surface area (Å²) in [6.07, 6.45) is -4.17. The van der Waals surface area contributed by atoms with E-state index in [-0.39, 0.29) is 12.4 Å². The van der Waals surface area contributed by atoms with E-state index in [2.05, 4.69) is 5.32 Å². The molecule has 0 bridgehead atoms. The summed E-state index contributed by atoms with van der Waals surface area (Å²) in [6.45, 7) is 1.57. The van der Waals surface area contributed by atoms with Gasteiger partial charge >= 0.3 is 6.18 Å². The summed E-state index contributed by atoms with van der Waals surface area (Å²) >= 11 is 0. The van der Waals surface area contributed by atoms with E-state index in [1.165, 1.54) is 6.92 Å². The van der Waals surface area contributed by atoms with Crippen molar-refractivity contribution in [3.63, 3.8) is 0 Å². The molecule has 13 heavy (non-hydrogen) atoms. The molecule has 0 aromatic carbocycles. The summed E-state index contributed by atoms with van der Waals surface area (Å²) in [6, 6.07) is 0. The molecule has 0 aromatic rings. The van der Waals surface area contributed by atoms with Crippen molar-refractivity contribution in [1.29, 1.82) is 0 Å². The highest BCUT2D eigenvalue weighted by molar-refractivity contribution is 5.85. The second kappa shape index (κ2) is 4.02. The van der Waals surface area contributed by atoms with Crippen molar-refractivity contribution in [2.24, 2.45) is 5.92 Å². The Bertz CT molecular complexity index is 176. The van der Waals surface area contributed by atoms with E-state index in [0.29, 0.717) is 13.0 Å². The molecular weight excluding hydrogens is 207 g/mol. The highest BCUT2D eigenvalue weighted by atomic mass is 35.5. The van der Waals surface area contributed by atoms with E-state index < -0.39 is 24.2 Å². The van der Waals surface area contributed by atoms with E-state index in [1.807, 2.05) is 0 Å². The van der Waals surface area contributed by atoms with Crippen LogP contribution >= 0.6 is 12.4 Å². The number of aliphatic hydroxyl groups is 1. The molecule has 0 amide bonds. The Morgan fingerprint density at radius 1 is 1.46 bits per heavy atom. The van der Waals surface area contributed by atoms with Gasteiger partial charge in [-0.1, -0.05) is 6.92 Å². The molecule has 1 aliphatic rings. The lowest BCUT2D eigenvalue weighted by Crippen LogP contribution is -2.60. The van der Waals surface area contributed by atoms with Crippen molar-refractivity contribution in [2.45, 2.75) is 25.1 Å². The second-order valence-electron chi connectivity index (χ2n) is 3.29. The number of hydrogen-bond donors (Lipinski definition) is 2. The first-order chi connectivity index (χ1) is 5.38. The van der Waals surface area contributed by atoms with E-state index in [4.69, 9.17) is 0 Å². The quantitative estimate of drug-likeness (QED) is 0.644. The maximum atomic E-state index is 12.3. The van der Waals surface area contributed by atoms with Crippen LogP contribution in [-0.4, -0.2) is 30.0 Å². The number of rotatable bonds is 0. The molecular formula is C7H13ClF3NO.